The van der Waals surface area contributed by atoms with Crippen LogP contribution in [-0.4, -0.2) is 34.0 Å². The molecule has 0 bridgehead atoms. The zero-order chi connectivity index (χ0) is 19.1. The Morgan fingerprint density at radius 3 is 2.54 bits per heavy atom. The summed E-state index contributed by atoms with van der Waals surface area (Å²) in [5.74, 6) is -2.94. The van der Waals surface area contributed by atoms with E-state index in [9.17, 15) is 13.6 Å². The van der Waals surface area contributed by atoms with Crippen molar-refractivity contribution >= 4 is 22.0 Å². The number of ether oxygens (including phenoxy) is 1. The number of carbonyl (C=O) groups excluding carboxylic acids is 1. The van der Waals surface area contributed by atoms with Gasteiger partial charge in [-0.25, -0.2) is 13.6 Å². The van der Waals surface area contributed by atoms with E-state index in [-0.39, 0.29) is 0 Å². The molecule has 0 aliphatic carbocycles. The topological polar surface area (TPSA) is 45.3 Å². The highest BCUT2D eigenvalue weighted by atomic mass is 79.9. The molecular weight excluding hydrogens is 406 g/mol. The highest BCUT2D eigenvalue weighted by Crippen LogP contribution is 2.42. The van der Waals surface area contributed by atoms with Crippen molar-refractivity contribution in [1.82, 2.24) is 9.88 Å². The van der Waals surface area contributed by atoms with Crippen molar-refractivity contribution in [3.63, 3.8) is 0 Å². The molecule has 140 valence electrons. The van der Waals surface area contributed by atoms with Crippen molar-refractivity contribution in [3.8, 4) is 11.1 Å². The molecule has 1 aliphatic rings. The quantitative estimate of drug-likeness (QED) is 0.662. The van der Waals surface area contributed by atoms with Crippen molar-refractivity contribution in [2.24, 2.45) is 0 Å². The first-order chi connectivity index (χ1) is 12.0. The maximum Gasteiger partial charge on any atom is 0.411 e. The number of nitrogens with one attached hydrogen (secondary N) is 1. The average molecular weight is 427 g/mol. The van der Waals surface area contributed by atoms with Crippen molar-refractivity contribution < 1.29 is 18.3 Å². The number of benzene rings is 1. The number of carbonyl (C=O) groups is 1. The van der Waals surface area contributed by atoms with Gasteiger partial charge in [0.2, 0.25) is 0 Å². The van der Waals surface area contributed by atoms with E-state index in [0.29, 0.717) is 5.69 Å². The molecular formula is C19H21BrF2N2O2. The van der Waals surface area contributed by atoms with Crippen LogP contribution in [0.1, 0.15) is 38.9 Å². The molecule has 0 saturated carbocycles. The van der Waals surface area contributed by atoms with Crippen LogP contribution in [0.5, 0.6) is 0 Å². The van der Waals surface area contributed by atoms with E-state index >= 15 is 0 Å². The van der Waals surface area contributed by atoms with Crippen molar-refractivity contribution in [2.45, 2.75) is 44.8 Å². The second-order valence-electron chi connectivity index (χ2n) is 7.53. The molecule has 1 saturated heterocycles. The lowest BCUT2D eigenvalue weighted by Crippen LogP contribution is -2.38. The van der Waals surface area contributed by atoms with Crippen LogP contribution in [0.3, 0.4) is 0 Å². The van der Waals surface area contributed by atoms with E-state index in [2.05, 4.69) is 20.9 Å². The number of H-pyrrole nitrogens is 1. The van der Waals surface area contributed by atoms with Gasteiger partial charge in [0.25, 0.3) is 5.92 Å². The SMILES string of the molecule is CC(C)(C)OC(=O)N1CC(F)(F)C[C@H]1c1cc(-c2ccc(Br)cc2)c[nH]1. The van der Waals surface area contributed by atoms with Gasteiger partial charge in [-0.3, -0.25) is 4.90 Å². The third-order valence-corrected chi connectivity index (χ3v) is 4.67. The number of alkyl halides is 2. The largest absolute Gasteiger partial charge is 0.444 e. The molecule has 1 aliphatic heterocycles. The van der Waals surface area contributed by atoms with E-state index in [1.807, 2.05) is 30.3 Å². The number of hydrogen-bond acceptors (Lipinski definition) is 2. The maximum absolute atomic E-state index is 14.0. The Morgan fingerprint density at radius 2 is 1.92 bits per heavy atom. The van der Waals surface area contributed by atoms with Crippen LogP contribution in [0.25, 0.3) is 11.1 Å². The summed E-state index contributed by atoms with van der Waals surface area (Å²) >= 11 is 3.39. The highest BCUT2D eigenvalue weighted by Gasteiger charge is 2.49. The van der Waals surface area contributed by atoms with Crippen LogP contribution >= 0.6 is 15.9 Å². The first kappa shape index (κ1) is 18.9. The minimum Gasteiger partial charge on any atom is -0.444 e. The smallest absolute Gasteiger partial charge is 0.411 e. The standard InChI is InChI=1S/C19H21BrF2N2O2/c1-18(2,3)26-17(25)24-11-19(21,22)9-16(24)15-8-13(10-23-15)12-4-6-14(20)7-5-12/h4-8,10,16,23H,9,11H2,1-3H3/t16-/m0/s1. The van der Waals surface area contributed by atoms with E-state index in [0.717, 1.165) is 20.5 Å². The first-order valence-electron chi connectivity index (χ1n) is 8.36. The summed E-state index contributed by atoms with van der Waals surface area (Å²) in [6, 6.07) is 8.77. The Bertz CT molecular complexity index is 797. The summed E-state index contributed by atoms with van der Waals surface area (Å²) in [4.78, 5) is 16.6. The molecule has 3 rings (SSSR count). The van der Waals surface area contributed by atoms with Gasteiger partial charge in [0.15, 0.2) is 0 Å². The molecule has 1 aromatic heterocycles. The minimum absolute atomic E-state index is 0.424. The highest BCUT2D eigenvalue weighted by molar-refractivity contribution is 9.10. The molecule has 0 radical (unpaired) electrons. The summed E-state index contributed by atoms with van der Waals surface area (Å²) < 4.78 is 34.3. The zero-order valence-corrected chi connectivity index (χ0v) is 16.4. The number of nitrogens with zero attached hydrogens (tertiary/aromatic N) is 1. The number of halogens is 3. The molecule has 1 amide bonds. The summed E-state index contributed by atoms with van der Waals surface area (Å²) in [5, 5.41) is 0. The monoisotopic (exact) mass is 426 g/mol. The summed E-state index contributed by atoms with van der Waals surface area (Å²) in [6.45, 7) is 4.51. The Kier molecular flexibility index (Phi) is 4.86. The second kappa shape index (κ2) is 6.68. The lowest BCUT2D eigenvalue weighted by atomic mass is 10.1. The molecule has 0 spiro atoms. The van der Waals surface area contributed by atoms with Crippen molar-refractivity contribution in [2.75, 3.05) is 6.54 Å². The normalized spacial score (nSPS) is 19.6. The first-order valence-corrected chi connectivity index (χ1v) is 9.15. The van der Waals surface area contributed by atoms with Crippen molar-refractivity contribution in [1.29, 1.82) is 0 Å². The lowest BCUT2D eigenvalue weighted by molar-refractivity contribution is -0.00245. The van der Waals surface area contributed by atoms with Gasteiger partial charge in [0.05, 0.1) is 12.6 Å². The number of rotatable bonds is 2. The van der Waals surface area contributed by atoms with Gasteiger partial charge in [0, 0.05) is 22.8 Å². The maximum atomic E-state index is 14.0. The van der Waals surface area contributed by atoms with Gasteiger partial charge in [-0.05, 0) is 50.1 Å². The molecule has 1 N–H and O–H groups in total. The predicted molar refractivity (Wildman–Crippen MR) is 99.2 cm³/mol. The van der Waals surface area contributed by atoms with Gasteiger partial charge in [-0.1, -0.05) is 28.1 Å². The molecule has 2 heterocycles. The minimum atomic E-state index is -2.94. The second-order valence-corrected chi connectivity index (χ2v) is 8.45. The molecule has 2 aromatic rings. The van der Waals surface area contributed by atoms with Crippen LogP contribution < -0.4 is 0 Å². The number of hydrogen-bond donors (Lipinski definition) is 1. The third-order valence-electron chi connectivity index (χ3n) is 4.14. The summed E-state index contributed by atoms with van der Waals surface area (Å²) in [6.07, 6.45) is 0.619. The van der Waals surface area contributed by atoms with Crippen molar-refractivity contribution in [3.05, 3.63) is 46.7 Å². The summed E-state index contributed by atoms with van der Waals surface area (Å²) in [7, 11) is 0. The number of aromatic amines is 1. The Hall–Kier alpha value is -1.89. The predicted octanol–water partition coefficient (Wildman–Crippen LogP) is 5.76. The van der Waals surface area contributed by atoms with Gasteiger partial charge in [-0.2, -0.15) is 0 Å². The summed E-state index contributed by atoms with van der Waals surface area (Å²) in [5.41, 5.74) is 1.68. The average Bonchev–Trinajstić information content (AvgIpc) is 3.10. The van der Waals surface area contributed by atoms with Gasteiger partial charge < -0.3 is 9.72 Å². The Balaban J connectivity index is 1.86. The lowest BCUT2D eigenvalue weighted by Gasteiger charge is -2.27. The van der Waals surface area contributed by atoms with Gasteiger partial charge in [0.1, 0.15) is 5.60 Å². The van der Waals surface area contributed by atoms with E-state index in [1.54, 1.807) is 27.0 Å². The van der Waals surface area contributed by atoms with Crippen LogP contribution in [-0.2, 0) is 4.74 Å². The molecule has 1 aromatic carbocycles. The number of amides is 1. The number of likely N-dealkylation sites (tertiary alicyclic amines) is 1. The van der Waals surface area contributed by atoms with Crippen LogP contribution in [0.15, 0.2) is 41.0 Å². The molecule has 7 heteroatoms. The fraction of sp³-hybridized carbons (Fsp3) is 0.421. The van der Waals surface area contributed by atoms with Crippen LogP contribution in [0.4, 0.5) is 13.6 Å². The third kappa shape index (κ3) is 4.26. The molecule has 1 fully saturated rings. The van der Waals surface area contributed by atoms with Gasteiger partial charge in [-0.15, -0.1) is 0 Å². The van der Waals surface area contributed by atoms with E-state index < -0.39 is 36.6 Å². The Morgan fingerprint density at radius 1 is 1.27 bits per heavy atom. The fourth-order valence-corrected chi connectivity index (χ4v) is 3.28. The Labute approximate surface area is 159 Å². The van der Waals surface area contributed by atoms with Crippen LogP contribution in [0, 0.1) is 0 Å². The fourth-order valence-electron chi connectivity index (χ4n) is 3.02. The van der Waals surface area contributed by atoms with Gasteiger partial charge >= 0.3 is 6.09 Å². The zero-order valence-electron chi connectivity index (χ0n) is 14.9. The number of aromatic nitrogens is 1. The molecule has 0 unspecified atom stereocenters. The molecule has 1 atom stereocenters. The molecule has 4 nitrogen and oxygen atoms in total. The molecule has 26 heavy (non-hydrogen) atoms. The van der Waals surface area contributed by atoms with E-state index in [1.165, 1.54) is 0 Å². The van der Waals surface area contributed by atoms with E-state index in [4.69, 9.17) is 4.74 Å². The van der Waals surface area contributed by atoms with Crippen LogP contribution in [0.2, 0.25) is 0 Å².